The van der Waals surface area contributed by atoms with Crippen molar-refractivity contribution in [1.29, 1.82) is 0 Å². The number of nitrogens with two attached hydrogens (primary N) is 1. The molecule has 2 fully saturated rings. The van der Waals surface area contributed by atoms with Crippen LogP contribution in [0.25, 0.3) is 0 Å². The predicted molar refractivity (Wildman–Crippen MR) is 69.1 cm³/mol. The molecule has 0 bridgehead atoms. The Morgan fingerprint density at radius 3 is 2.41 bits per heavy atom. The van der Waals surface area contributed by atoms with E-state index in [0.717, 1.165) is 24.7 Å². The highest BCUT2D eigenvalue weighted by Gasteiger charge is 2.26. The number of nitrogens with zero attached hydrogens (tertiary/aromatic N) is 3. The second-order valence-electron chi connectivity index (χ2n) is 5.19. The fourth-order valence-corrected chi connectivity index (χ4v) is 2.47. The summed E-state index contributed by atoms with van der Waals surface area (Å²) in [7, 11) is 0. The minimum absolute atomic E-state index is 0.626. The van der Waals surface area contributed by atoms with Crippen LogP contribution in [0.5, 0.6) is 0 Å². The molecule has 1 aliphatic carbocycles. The molecule has 17 heavy (non-hydrogen) atoms. The average Bonchev–Trinajstić information content (AvgIpc) is 3.16. The van der Waals surface area contributed by atoms with E-state index in [1.165, 1.54) is 38.5 Å². The number of aromatic nitrogens is 2. The Morgan fingerprint density at radius 2 is 1.76 bits per heavy atom. The smallest absolute Gasteiger partial charge is 0.227 e. The monoisotopic (exact) mass is 232 g/mol. The summed E-state index contributed by atoms with van der Waals surface area (Å²) in [5.74, 6) is 2.13. The van der Waals surface area contributed by atoms with Crippen molar-refractivity contribution < 1.29 is 0 Å². The van der Waals surface area contributed by atoms with Crippen molar-refractivity contribution in [3.8, 4) is 0 Å². The maximum atomic E-state index is 5.89. The minimum Gasteiger partial charge on any atom is -0.384 e. The van der Waals surface area contributed by atoms with Crippen molar-refractivity contribution in [3.63, 3.8) is 0 Å². The lowest BCUT2D eigenvalue weighted by molar-refractivity contribution is 0.726. The lowest BCUT2D eigenvalue weighted by Gasteiger charge is -2.20. The van der Waals surface area contributed by atoms with Gasteiger partial charge in [0.2, 0.25) is 5.95 Å². The summed E-state index contributed by atoms with van der Waals surface area (Å²) in [5.41, 5.74) is 7.04. The molecule has 0 amide bonds. The van der Waals surface area contributed by atoms with E-state index >= 15 is 0 Å². The Kier molecular flexibility index (Phi) is 2.87. The average molecular weight is 232 g/mol. The Labute approximate surface area is 102 Å². The van der Waals surface area contributed by atoms with Crippen LogP contribution in [0.3, 0.4) is 0 Å². The highest BCUT2D eigenvalue weighted by Crippen LogP contribution is 2.39. The molecule has 0 spiro atoms. The molecular weight excluding hydrogens is 212 g/mol. The molecule has 1 aliphatic heterocycles. The molecule has 0 aromatic carbocycles. The Balaban J connectivity index is 1.84. The van der Waals surface area contributed by atoms with E-state index in [1.54, 1.807) is 0 Å². The molecule has 0 unspecified atom stereocenters. The molecule has 1 aromatic rings. The van der Waals surface area contributed by atoms with Gasteiger partial charge in [0.25, 0.3) is 0 Å². The van der Waals surface area contributed by atoms with E-state index in [-0.39, 0.29) is 0 Å². The third-order valence-corrected chi connectivity index (χ3v) is 3.64. The number of hydrogen-bond donors (Lipinski definition) is 1. The largest absolute Gasteiger partial charge is 0.384 e. The zero-order valence-electron chi connectivity index (χ0n) is 10.2. The highest BCUT2D eigenvalue weighted by atomic mass is 15.3. The molecule has 4 nitrogen and oxygen atoms in total. The summed E-state index contributed by atoms with van der Waals surface area (Å²) in [6, 6.07) is 1.94. The van der Waals surface area contributed by atoms with Gasteiger partial charge in [-0.3, -0.25) is 0 Å². The molecule has 4 heteroatoms. The van der Waals surface area contributed by atoms with Gasteiger partial charge in [-0.1, -0.05) is 12.8 Å². The summed E-state index contributed by atoms with van der Waals surface area (Å²) in [4.78, 5) is 11.4. The van der Waals surface area contributed by atoms with Gasteiger partial charge in [-0.15, -0.1) is 0 Å². The van der Waals surface area contributed by atoms with Crippen molar-refractivity contribution in [2.45, 2.75) is 44.4 Å². The Bertz CT molecular complexity index is 392. The van der Waals surface area contributed by atoms with Gasteiger partial charge in [0.1, 0.15) is 5.82 Å². The van der Waals surface area contributed by atoms with Crippen LogP contribution in [0.15, 0.2) is 6.07 Å². The van der Waals surface area contributed by atoms with Crippen LogP contribution in [0.2, 0.25) is 0 Å². The van der Waals surface area contributed by atoms with Crippen molar-refractivity contribution in [2.24, 2.45) is 0 Å². The normalized spacial score (nSPS) is 21.3. The molecule has 0 atom stereocenters. The SMILES string of the molecule is Nc1cc(C2CC2)nc(N2CCCCCC2)n1. The predicted octanol–water partition coefficient (Wildman–Crippen LogP) is 2.32. The van der Waals surface area contributed by atoms with E-state index in [2.05, 4.69) is 9.88 Å². The Morgan fingerprint density at radius 1 is 1.06 bits per heavy atom. The summed E-state index contributed by atoms with van der Waals surface area (Å²) < 4.78 is 0. The first kappa shape index (κ1) is 10.8. The molecule has 0 radical (unpaired) electrons. The molecule has 2 N–H and O–H groups in total. The van der Waals surface area contributed by atoms with Crippen LogP contribution in [0.4, 0.5) is 11.8 Å². The van der Waals surface area contributed by atoms with Crippen molar-refractivity contribution in [1.82, 2.24) is 9.97 Å². The first-order valence-electron chi connectivity index (χ1n) is 6.72. The van der Waals surface area contributed by atoms with Gasteiger partial charge < -0.3 is 10.6 Å². The maximum Gasteiger partial charge on any atom is 0.227 e. The Hall–Kier alpha value is -1.32. The van der Waals surface area contributed by atoms with Gasteiger partial charge in [-0.2, -0.15) is 4.98 Å². The van der Waals surface area contributed by atoms with Gasteiger partial charge in [0.15, 0.2) is 0 Å². The van der Waals surface area contributed by atoms with Gasteiger partial charge in [-0.25, -0.2) is 4.98 Å². The van der Waals surface area contributed by atoms with E-state index in [4.69, 9.17) is 10.7 Å². The zero-order valence-corrected chi connectivity index (χ0v) is 10.2. The van der Waals surface area contributed by atoms with E-state index in [1.807, 2.05) is 6.07 Å². The molecule has 1 saturated carbocycles. The van der Waals surface area contributed by atoms with Gasteiger partial charge in [0, 0.05) is 25.1 Å². The lowest BCUT2D eigenvalue weighted by Crippen LogP contribution is -2.26. The second kappa shape index (κ2) is 4.51. The molecule has 1 saturated heterocycles. The second-order valence-corrected chi connectivity index (χ2v) is 5.19. The van der Waals surface area contributed by atoms with Crippen molar-refractivity contribution >= 4 is 11.8 Å². The molecule has 2 heterocycles. The first-order valence-corrected chi connectivity index (χ1v) is 6.72. The third-order valence-electron chi connectivity index (χ3n) is 3.64. The molecule has 92 valence electrons. The molecule has 1 aromatic heterocycles. The molecular formula is C13H20N4. The van der Waals surface area contributed by atoms with E-state index < -0.39 is 0 Å². The van der Waals surface area contributed by atoms with Crippen molar-refractivity contribution in [2.75, 3.05) is 23.7 Å². The fraction of sp³-hybridized carbons (Fsp3) is 0.692. The van der Waals surface area contributed by atoms with E-state index in [9.17, 15) is 0 Å². The first-order chi connectivity index (χ1) is 8.33. The topological polar surface area (TPSA) is 55.0 Å². The number of hydrogen-bond acceptors (Lipinski definition) is 4. The zero-order chi connectivity index (χ0) is 11.7. The molecule has 2 aliphatic rings. The van der Waals surface area contributed by atoms with Crippen LogP contribution in [0.1, 0.15) is 50.1 Å². The number of anilines is 2. The van der Waals surface area contributed by atoms with Gasteiger partial charge >= 0.3 is 0 Å². The maximum absolute atomic E-state index is 5.89. The standard InChI is InChI=1S/C13H20N4/c14-12-9-11(10-5-6-10)15-13(16-12)17-7-3-1-2-4-8-17/h9-10H,1-8H2,(H2,14,15,16). The fourth-order valence-electron chi connectivity index (χ4n) is 2.47. The summed E-state index contributed by atoms with van der Waals surface area (Å²) in [5, 5.41) is 0. The van der Waals surface area contributed by atoms with Gasteiger partial charge in [0.05, 0.1) is 5.69 Å². The van der Waals surface area contributed by atoms with Crippen LogP contribution >= 0.6 is 0 Å². The van der Waals surface area contributed by atoms with Crippen molar-refractivity contribution in [3.05, 3.63) is 11.8 Å². The summed E-state index contributed by atoms with van der Waals surface area (Å²) in [6.45, 7) is 2.15. The highest BCUT2D eigenvalue weighted by molar-refractivity contribution is 5.42. The quantitative estimate of drug-likeness (QED) is 0.850. The number of rotatable bonds is 2. The molecule has 3 rings (SSSR count). The number of nitrogen functional groups attached to an aromatic ring is 1. The van der Waals surface area contributed by atoms with Crippen LogP contribution in [0, 0.1) is 0 Å². The minimum atomic E-state index is 0.626. The van der Waals surface area contributed by atoms with Crippen LogP contribution in [-0.4, -0.2) is 23.1 Å². The van der Waals surface area contributed by atoms with Crippen LogP contribution < -0.4 is 10.6 Å². The third kappa shape index (κ3) is 2.51. The summed E-state index contributed by atoms with van der Waals surface area (Å²) in [6.07, 6.45) is 7.67. The van der Waals surface area contributed by atoms with E-state index in [0.29, 0.717) is 11.7 Å². The van der Waals surface area contributed by atoms with Gasteiger partial charge in [-0.05, 0) is 25.7 Å². The lowest BCUT2D eigenvalue weighted by atomic mass is 10.2. The van der Waals surface area contributed by atoms with Crippen LogP contribution in [-0.2, 0) is 0 Å². The summed E-state index contributed by atoms with van der Waals surface area (Å²) >= 11 is 0.